The van der Waals surface area contributed by atoms with Gasteiger partial charge < -0.3 is 9.72 Å². The Morgan fingerprint density at radius 2 is 2.05 bits per heavy atom. The molecule has 1 saturated carbocycles. The normalized spacial score (nSPS) is 15.4. The molecule has 1 heterocycles. The molecule has 0 saturated heterocycles. The molecule has 0 unspecified atom stereocenters. The predicted octanol–water partition coefficient (Wildman–Crippen LogP) is 4.62. The molecule has 3 nitrogen and oxygen atoms in total. The highest BCUT2D eigenvalue weighted by atomic mass is 79.9. The highest BCUT2D eigenvalue weighted by Crippen LogP contribution is 2.41. The second kappa shape index (κ2) is 4.80. The number of hydrogen-bond donors (Lipinski definition) is 1. The zero-order chi connectivity index (χ0) is 14.3. The first-order chi connectivity index (χ1) is 9.42. The first-order valence-corrected chi connectivity index (χ1v) is 6.82. The van der Waals surface area contributed by atoms with Crippen LogP contribution in [-0.2, 0) is 0 Å². The van der Waals surface area contributed by atoms with Crippen LogP contribution in [0.15, 0.2) is 28.9 Å². The van der Waals surface area contributed by atoms with E-state index in [2.05, 4.69) is 30.6 Å². The number of H-pyrrole nitrogens is 1. The SMILES string of the molecule is FC(F)(F)Oc1ccc(Br)cc1-c1ncc(C2CC2)[nH]1. The van der Waals surface area contributed by atoms with E-state index in [0.29, 0.717) is 16.2 Å². The second-order valence-corrected chi connectivity index (χ2v) is 5.57. The first-order valence-electron chi connectivity index (χ1n) is 6.03. The van der Waals surface area contributed by atoms with E-state index in [4.69, 9.17) is 0 Å². The van der Waals surface area contributed by atoms with Crippen LogP contribution in [0, 0.1) is 0 Å². The summed E-state index contributed by atoms with van der Waals surface area (Å²) in [6.45, 7) is 0. The summed E-state index contributed by atoms with van der Waals surface area (Å²) >= 11 is 3.24. The number of aromatic amines is 1. The molecule has 1 N–H and O–H groups in total. The molecule has 0 bridgehead atoms. The lowest BCUT2D eigenvalue weighted by Gasteiger charge is -2.12. The predicted molar refractivity (Wildman–Crippen MR) is 70.4 cm³/mol. The molecular formula is C13H10BrF3N2O. The van der Waals surface area contributed by atoms with Gasteiger partial charge in [-0.25, -0.2) is 4.98 Å². The van der Waals surface area contributed by atoms with Crippen LogP contribution >= 0.6 is 15.9 Å². The van der Waals surface area contributed by atoms with Gasteiger partial charge in [-0.1, -0.05) is 15.9 Å². The van der Waals surface area contributed by atoms with Crippen molar-refractivity contribution in [3.8, 4) is 17.1 Å². The molecule has 20 heavy (non-hydrogen) atoms. The number of ether oxygens (including phenoxy) is 1. The van der Waals surface area contributed by atoms with Crippen molar-refractivity contribution in [3.05, 3.63) is 34.6 Å². The number of rotatable bonds is 3. The lowest BCUT2D eigenvalue weighted by Crippen LogP contribution is -2.17. The molecule has 0 atom stereocenters. The van der Waals surface area contributed by atoms with Crippen LogP contribution in [0.1, 0.15) is 24.5 Å². The van der Waals surface area contributed by atoms with E-state index in [9.17, 15) is 13.2 Å². The van der Waals surface area contributed by atoms with E-state index in [1.165, 1.54) is 12.1 Å². The van der Waals surface area contributed by atoms with Gasteiger partial charge in [-0.2, -0.15) is 0 Å². The molecule has 106 valence electrons. The number of nitrogens with zero attached hydrogens (tertiary/aromatic N) is 1. The van der Waals surface area contributed by atoms with E-state index in [1.807, 2.05) is 0 Å². The van der Waals surface area contributed by atoms with Crippen molar-refractivity contribution in [2.24, 2.45) is 0 Å². The fourth-order valence-electron chi connectivity index (χ4n) is 1.97. The van der Waals surface area contributed by atoms with Crippen LogP contribution < -0.4 is 4.74 Å². The van der Waals surface area contributed by atoms with Crippen LogP contribution in [0.2, 0.25) is 0 Å². The first kappa shape index (κ1) is 13.5. The average molecular weight is 347 g/mol. The quantitative estimate of drug-likeness (QED) is 0.880. The number of alkyl halides is 3. The van der Waals surface area contributed by atoms with Crippen LogP contribution in [0.5, 0.6) is 5.75 Å². The van der Waals surface area contributed by atoms with E-state index in [1.54, 1.807) is 12.3 Å². The average Bonchev–Trinajstić information content (AvgIpc) is 3.08. The number of imidazole rings is 1. The van der Waals surface area contributed by atoms with Crippen LogP contribution in [0.3, 0.4) is 0 Å². The molecule has 0 spiro atoms. The molecule has 0 aliphatic heterocycles. The van der Waals surface area contributed by atoms with E-state index in [-0.39, 0.29) is 11.3 Å². The minimum Gasteiger partial charge on any atom is -0.405 e. The summed E-state index contributed by atoms with van der Waals surface area (Å²) in [7, 11) is 0. The Morgan fingerprint density at radius 3 is 2.70 bits per heavy atom. The fourth-order valence-corrected chi connectivity index (χ4v) is 2.34. The van der Waals surface area contributed by atoms with Crippen molar-refractivity contribution in [1.82, 2.24) is 9.97 Å². The van der Waals surface area contributed by atoms with Crippen molar-refractivity contribution in [2.45, 2.75) is 25.1 Å². The van der Waals surface area contributed by atoms with E-state index in [0.717, 1.165) is 18.5 Å². The summed E-state index contributed by atoms with van der Waals surface area (Å²) in [6, 6.07) is 4.32. The van der Waals surface area contributed by atoms with Gasteiger partial charge in [0.15, 0.2) is 0 Å². The minimum absolute atomic E-state index is 0.266. The third-order valence-corrected chi connectivity index (χ3v) is 3.53. The fraction of sp³-hybridized carbons (Fsp3) is 0.308. The molecule has 3 rings (SSSR count). The lowest BCUT2D eigenvalue weighted by molar-refractivity contribution is -0.274. The summed E-state index contributed by atoms with van der Waals surface area (Å²) in [5, 5.41) is 0. The summed E-state index contributed by atoms with van der Waals surface area (Å²) in [5.41, 5.74) is 1.24. The smallest absolute Gasteiger partial charge is 0.405 e. The van der Waals surface area contributed by atoms with Gasteiger partial charge >= 0.3 is 6.36 Å². The highest BCUT2D eigenvalue weighted by Gasteiger charge is 2.33. The Labute approximate surface area is 121 Å². The van der Waals surface area contributed by atoms with Gasteiger partial charge in [0.1, 0.15) is 11.6 Å². The molecule has 1 aliphatic carbocycles. The number of nitrogens with one attached hydrogen (secondary N) is 1. The Bertz CT molecular complexity index is 635. The molecule has 1 fully saturated rings. The van der Waals surface area contributed by atoms with Gasteiger partial charge in [-0.05, 0) is 31.0 Å². The molecular weight excluding hydrogens is 337 g/mol. The number of hydrogen-bond acceptors (Lipinski definition) is 2. The van der Waals surface area contributed by atoms with Gasteiger partial charge in [0.25, 0.3) is 0 Å². The third-order valence-electron chi connectivity index (χ3n) is 3.04. The zero-order valence-electron chi connectivity index (χ0n) is 10.2. The van der Waals surface area contributed by atoms with Gasteiger partial charge in [-0.15, -0.1) is 13.2 Å². The molecule has 1 aromatic heterocycles. The topological polar surface area (TPSA) is 37.9 Å². The van der Waals surface area contributed by atoms with Crippen molar-refractivity contribution < 1.29 is 17.9 Å². The molecule has 2 aromatic rings. The second-order valence-electron chi connectivity index (χ2n) is 4.65. The summed E-state index contributed by atoms with van der Waals surface area (Å²) < 4.78 is 42.0. The Kier molecular flexibility index (Phi) is 3.24. The summed E-state index contributed by atoms with van der Waals surface area (Å²) in [5.74, 6) is 0.570. The molecule has 1 aromatic carbocycles. The Balaban J connectivity index is 1.98. The highest BCUT2D eigenvalue weighted by molar-refractivity contribution is 9.10. The lowest BCUT2D eigenvalue weighted by atomic mass is 10.2. The van der Waals surface area contributed by atoms with Crippen molar-refractivity contribution in [2.75, 3.05) is 0 Å². The van der Waals surface area contributed by atoms with Gasteiger partial charge in [0.2, 0.25) is 0 Å². The van der Waals surface area contributed by atoms with E-state index < -0.39 is 6.36 Å². The van der Waals surface area contributed by atoms with Gasteiger partial charge in [-0.3, -0.25) is 0 Å². The summed E-state index contributed by atoms with van der Waals surface area (Å²) in [4.78, 5) is 7.22. The van der Waals surface area contributed by atoms with Crippen molar-refractivity contribution in [3.63, 3.8) is 0 Å². The maximum atomic E-state index is 12.4. The maximum Gasteiger partial charge on any atom is 0.573 e. The third kappa shape index (κ3) is 2.98. The summed E-state index contributed by atoms with van der Waals surface area (Å²) in [6.07, 6.45) is -0.877. The Hall–Kier alpha value is -1.50. The monoisotopic (exact) mass is 346 g/mol. The molecule has 0 amide bonds. The largest absolute Gasteiger partial charge is 0.573 e. The Morgan fingerprint density at radius 1 is 1.30 bits per heavy atom. The number of benzene rings is 1. The standard InChI is InChI=1S/C13H10BrF3N2O/c14-8-3-4-11(20-13(15,16)17)9(5-8)12-18-6-10(19-12)7-1-2-7/h3-7H,1-2H2,(H,18,19). The van der Waals surface area contributed by atoms with Crippen molar-refractivity contribution >= 4 is 15.9 Å². The minimum atomic E-state index is -4.73. The van der Waals surface area contributed by atoms with Gasteiger partial charge in [0.05, 0.1) is 5.56 Å². The molecule has 0 radical (unpaired) electrons. The van der Waals surface area contributed by atoms with Crippen LogP contribution in [0.25, 0.3) is 11.4 Å². The van der Waals surface area contributed by atoms with Crippen LogP contribution in [-0.4, -0.2) is 16.3 Å². The van der Waals surface area contributed by atoms with Crippen LogP contribution in [0.4, 0.5) is 13.2 Å². The zero-order valence-corrected chi connectivity index (χ0v) is 11.8. The van der Waals surface area contributed by atoms with E-state index >= 15 is 0 Å². The van der Waals surface area contributed by atoms with Crippen molar-refractivity contribution in [1.29, 1.82) is 0 Å². The molecule has 7 heteroatoms. The van der Waals surface area contributed by atoms with Gasteiger partial charge in [0, 0.05) is 22.3 Å². The molecule has 1 aliphatic rings. The number of halogens is 4. The maximum absolute atomic E-state index is 12.4. The number of aromatic nitrogens is 2.